The molecule has 5 nitrogen and oxygen atoms in total. The zero-order valence-electron chi connectivity index (χ0n) is 16.8. The predicted molar refractivity (Wildman–Crippen MR) is 111 cm³/mol. The highest BCUT2D eigenvalue weighted by atomic mass is 32.2. The standard InChI is InChI=1S/C19H31N3O2S2/c1-7-8-20-19(25)21-9-11-22(12-10-21)26(23,24)18-16(5)14(3)13(2)15(4)17(18)6/h7-12H2,1-6H3,(H,20,25). The van der Waals surface area contributed by atoms with Crippen LogP contribution in [-0.2, 0) is 10.0 Å². The highest BCUT2D eigenvalue weighted by molar-refractivity contribution is 7.89. The number of hydrogen-bond acceptors (Lipinski definition) is 3. The molecule has 2 rings (SSSR count). The Hall–Kier alpha value is -1.18. The van der Waals surface area contributed by atoms with Crippen LogP contribution in [0.25, 0.3) is 0 Å². The third-order valence-corrected chi connectivity index (χ3v) is 8.16. The summed E-state index contributed by atoms with van der Waals surface area (Å²) >= 11 is 5.40. The Kier molecular flexibility index (Phi) is 6.69. The Bertz CT molecular complexity index is 766. The fourth-order valence-corrected chi connectivity index (χ4v) is 5.72. The number of thiocarbonyl (C=S) groups is 1. The quantitative estimate of drug-likeness (QED) is 0.792. The van der Waals surface area contributed by atoms with Gasteiger partial charge in [0.2, 0.25) is 10.0 Å². The number of sulfonamides is 1. The second kappa shape index (κ2) is 8.23. The summed E-state index contributed by atoms with van der Waals surface area (Å²) < 4.78 is 28.3. The van der Waals surface area contributed by atoms with Gasteiger partial charge in [0.05, 0.1) is 4.90 Å². The molecule has 0 amide bonds. The monoisotopic (exact) mass is 397 g/mol. The van der Waals surface area contributed by atoms with E-state index >= 15 is 0 Å². The van der Waals surface area contributed by atoms with Crippen LogP contribution in [0.3, 0.4) is 0 Å². The summed E-state index contributed by atoms with van der Waals surface area (Å²) in [4.78, 5) is 2.54. The van der Waals surface area contributed by atoms with E-state index in [1.165, 1.54) is 5.56 Å². The molecule has 1 aromatic carbocycles. The van der Waals surface area contributed by atoms with Crippen molar-refractivity contribution in [2.75, 3.05) is 32.7 Å². The van der Waals surface area contributed by atoms with Gasteiger partial charge in [-0.15, -0.1) is 0 Å². The zero-order chi connectivity index (χ0) is 19.6. The lowest BCUT2D eigenvalue weighted by atomic mass is 9.95. The SMILES string of the molecule is CCCNC(=S)N1CCN(S(=O)(=O)c2c(C)c(C)c(C)c(C)c2C)CC1. The molecule has 1 heterocycles. The van der Waals surface area contributed by atoms with Crippen molar-refractivity contribution < 1.29 is 8.42 Å². The van der Waals surface area contributed by atoms with E-state index in [0.29, 0.717) is 31.1 Å². The zero-order valence-corrected chi connectivity index (χ0v) is 18.4. The first-order valence-electron chi connectivity index (χ1n) is 9.22. The summed E-state index contributed by atoms with van der Waals surface area (Å²) in [6.07, 6.45) is 1.01. The van der Waals surface area contributed by atoms with Gasteiger partial charge in [0, 0.05) is 32.7 Å². The molecule has 0 spiro atoms. The minimum absolute atomic E-state index is 0.459. The summed E-state index contributed by atoms with van der Waals surface area (Å²) in [5.41, 5.74) is 5.04. The fourth-order valence-electron chi connectivity index (χ4n) is 3.46. The molecule has 0 bridgehead atoms. The second-order valence-corrected chi connectivity index (χ2v) is 9.34. The largest absolute Gasteiger partial charge is 0.363 e. The number of nitrogens with one attached hydrogen (secondary N) is 1. The molecule has 1 fully saturated rings. The number of nitrogens with zero attached hydrogens (tertiary/aromatic N) is 2. The third-order valence-electron chi connectivity index (χ3n) is 5.58. The van der Waals surface area contributed by atoms with Gasteiger partial charge in [-0.1, -0.05) is 6.92 Å². The van der Waals surface area contributed by atoms with Crippen LogP contribution in [0.1, 0.15) is 41.2 Å². The number of rotatable bonds is 4. The number of benzene rings is 1. The van der Waals surface area contributed by atoms with Gasteiger partial charge in [-0.2, -0.15) is 4.31 Å². The molecule has 0 atom stereocenters. The minimum Gasteiger partial charge on any atom is -0.363 e. The van der Waals surface area contributed by atoms with Crippen LogP contribution in [-0.4, -0.2) is 55.5 Å². The summed E-state index contributed by atoms with van der Waals surface area (Å²) in [5.74, 6) is 0. The molecular formula is C19H31N3O2S2. The maximum absolute atomic E-state index is 13.4. The first-order chi connectivity index (χ1) is 12.1. The van der Waals surface area contributed by atoms with Crippen LogP contribution in [0.5, 0.6) is 0 Å². The maximum atomic E-state index is 13.4. The van der Waals surface area contributed by atoms with Crippen molar-refractivity contribution in [2.24, 2.45) is 0 Å². The molecule has 146 valence electrons. The molecule has 1 N–H and O–H groups in total. The van der Waals surface area contributed by atoms with E-state index in [2.05, 4.69) is 24.1 Å². The van der Waals surface area contributed by atoms with Crippen LogP contribution < -0.4 is 5.32 Å². The van der Waals surface area contributed by atoms with E-state index in [1.54, 1.807) is 4.31 Å². The Morgan fingerprint density at radius 3 is 1.85 bits per heavy atom. The lowest BCUT2D eigenvalue weighted by Gasteiger charge is -2.36. The average Bonchev–Trinajstić information content (AvgIpc) is 2.62. The normalized spacial score (nSPS) is 16.0. The molecule has 0 unspecified atom stereocenters. The smallest absolute Gasteiger partial charge is 0.243 e. The van der Waals surface area contributed by atoms with Crippen molar-refractivity contribution in [3.63, 3.8) is 0 Å². The Morgan fingerprint density at radius 1 is 0.923 bits per heavy atom. The molecule has 26 heavy (non-hydrogen) atoms. The molecular weight excluding hydrogens is 366 g/mol. The van der Waals surface area contributed by atoms with Gasteiger partial charge in [-0.05, 0) is 81.1 Å². The van der Waals surface area contributed by atoms with Gasteiger partial charge in [-0.3, -0.25) is 0 Å². The molecule has 7 heteroatoms. The first-order valence-corrected chi connectivity index (χ1v) is 11.1. The van der Waals surface area contributed by atoms with Crippen LogP contribution in [0.4, 0.5) is 0 Å². The summed E-state index contributed by atoms with van der Waals surface area (Å²) in [6.45, 7) is 15.0. The van der Waals surface area contributed by atoms with Crippen molar-refractivity contribution in [3.8, 4) is 0 Å². The molecule has 0 aromatic heterocycles. The molecule has 0 saturated carbocycles. The maximum Gasteiger partial charge on any atom is 0.243 e. The predicted octanol–water partition coefficient (Wildman–Crippen LogP) is 2.82. The van der Waals surface area contributed by atoms with Gasteiger partial charge in [0.15, 0.2) is 5.11 Å². The lowest BCUT2D eigenvalue weighted by molar-refractivity contribution is 0.264. The molecule has 1 aromatic rings. The highest BCUT2D eigenvalue weighted by Crippen LogP contribution is 2.31. The molecule has 0 radical (unpaired) electrons. The van der Waals surface area contributed by atoms with E-state index in [4.69, 9.17) is 12.2 Å². The van der Waals surface area contributed by atoms with E-state index < -0.39 is 10.0 Å². The average molecular weight is 398 g/mol. The van der Waals surface area contributed by atoms with Crippen molar-refractivity contribution in [1.29, 1.82) is 0 Å². The Morgan fingerprint density at radius 2 is 1.38 bits per heavy atom. The van der Waals surface area contributed by atoms with Gasteiger partial charge in [0.1, 0.15) is 0 Å². The van der Waals surface area contributed by atoms with E-state index in [9.17, 15) is 8.42 Å². The van der Waals surface area contributed by atoms with E-state index in [0.717, 1.165) is 40.3 Å². The van der Waals surface area contributed by atoms with Crippen molar-refractivity contribution >= 4 is 27.4 Å². The second-order valence-electron chi connectivity index (χ2n) is 7.08. The summed E-state index contributed by atoms with van der Waals surface area (Å²) in [5, 5.41) is 3.94. The van der Waals surface area contributed by atoms with Crippen LogP contribution in [0.2, 0.25) is 0 Å². The van der Waals surface area contributed by atoms with Gasteiger partial charge < -0.3 is 10.2 Å². The highest BCUT2D eigenvalue weighted by Gasteiger charge is 2.32. The molecule has 0 aliphatic carbocycles. The Labute approximate surface area is 163 Å². The number of hydrogen-bond donors (Lipinski definition) is 1. The van der Waals surface area contributed by atoms with E-state index in [1.807, 2.05) is 27.7 Å². The van der Waals surface area contributed by atoms with Gasteiger partial charge in [0.25, 0.3) is 0 Å². The third kappa shape index (κ3) is 3.89. The molecule has 1 saturated heterocycles. The Balaban J connectivity index is 2.25. The first kappa shape index (κ1) is 21.1. The van der Waals surface area contributed by atoms with Crippen molar-refractivity contribution in [3.05, 3.63) is 27.8 Å². The van der Waals surface area contributed by atoms with Crippen LogP contribution in [0, 0.1) is 34.6 Å². The topological polar surface area (TPSA) is 52.6 Å². The molecule has 1 aliphatic rings. The number of piperazine rings is 1. The fraction of sp³-hybridized carbons (Fsp3) is 0.632. The molecule has 1 aliphatic heterocycles. The van der Waals surface area contributed by atoms with E-state index in [-0.39, 0.29) is 0 Å². The van der Waals surface area contributed by atoms with Crippen LogP contribution in [0.15, 0.2) is 4.90 Å². The summed E-state index contributed by atoms with van der Waals surface area (Å²) in [7, 11) is -3.51. The lowest BCUT2D eigenvalue weighted by Crippen LogP contribution is -2.53. The van der Waals surface area contributed by atoms with Gasteiger partial charge in [-0.25, -0.2) is 8.42 Å². The van der Waals surface area contributed by atoms with Gasteiger partial charge >= 0.3 is 0 Å². The minimum atomic E-state index is -3.51. The van der Waals surface area contributed by atoms with Crippen molar-refractivity contribution in [1.82, 2.24) is 14.5 Å². The van der Waals surface area contributed by atoms with Crippen LogP contribution >= 0.6 is 12.2 Å². The summed E-state index contributed by atoms with van der Waals surface area (Å²) in [6, 6.07) is 0. The van der Waals surface area contributed by atoms with Crippen molar-refractivity contribution in [2.45, 2.75) is 52.9 Å².